The molecule has 2 atom stereocenters. The van der Waals surface area contributed by atoms with Crippen molar-refractivity contribution in [3.05, 3.63) is 22.3 Å². The Morgan fingerprint density at radius 1 is 0.875 bits per heavy atom. The van der Waals surface area contributed by atoms with E-state index < -0.39 is 17.8 Å². The zero-order valence-corrected chi connectivity index (χ0v) is 15.3. The second kappa shape index (κ2) is 7.24. The van der Waals surface area contributed by atoms with Crippen LogP contribution in [0.4, 0.5) is 0 Å². The average Bonchev–Trinajstić information content (AvgIpc) is 2.89. The molecule has 0 saturated heterocycles. The molecule has 130 valence electrons. The van der Waals surface area contributed by atoms with Gasteiger partial charge in [-0.1, -0.05) is 0 Å². The van der Waals surface area contributed by atoms with Crippen LogP contribution in [0.5, 0.6) is 0 Å². The van der Waals surface area contributed by atoms with Crippen LogP contribution in [-0.4, -0.2) is 19.4 Å². The first kappa shape index (κ1) is 17.4. The summed E-state index contributed by atoms with van der Waals surface area (Å²) >= 11 is -4.40. The Kier molecular flexibility index (Phi) is 5.25. The van der Waals surface area contributed by atoms with Gasteiger partial charge in [-0.15, -0.1) is 0 Å². The summed E-state index contributed by atoms with van der Waals surface area (Å²) in [5, 5.41) is 0. The molecule has 0 aromatic rings. The second-order valence-corrected chi connectivity index (χ2v) is 10.6. The molecule has 0 aromatic carbocycles. The van der Waals surface area contributed by atoms with E-state index >= 15 is 0 Å². The van der Waals surface area contributed by atoms with E-state index in [4.69, 9.17) is 9.96 Å². The normalized spacial score (nSPS) is 26.4. The molecule has 0 aromatic heterocycles. The van der Waals surface area contributed by atoms with E-state index in [9.17, 15) is 14.4 Å². The van der Waals surface area contributed by atoms with Gasteiger partial charge in [-0.2, -0.15) is 0 Å². The van der Waals surface area contributed by atoms with E-state index in [2.05, 4.69) is 6.92 Å². The first-order chi connectivity index (χ1) is 11.7. The number of hydrogen-bond acceptors (Lipinski definition) is 6. The Bertz CT molecular complexity index is 582. The number of allylic oxidation sites excluding steroid dienone is 4. The average molecular weight is 370 g/mol. The van der Waals surface area contributed by atoms with E-state index in [0.717, 1.165) is 25.7 Å². The van der Waals surface area contributed by atoms with Crippen LogP contribution in [0, 0.1) is 5.92 Å². The zero-order valence-electron chi connectivity index (χ0n) is 13.8. The van der Waals surface area contributed by atoms with Crippen LogP contribution in [0.3, 0.4) is 0 Å². The predicted octanol–water partition coefficient (Wildman–Crippen LogP) is 3.19. The van der Waals surface area contributed by atoms with Crippen LogP contribution in [-0.2, 0) is 42.1 Å². The fourth-order valence-electron chi connectivity index (χ4n) is 4.72. The first-order valence-corrected chi connectivity index (χ1v) is 11.3. The van der Waals surface area contributed by atoms with Crippen molar-refractivity contribution in [1.82, 2.24) is 0 Å². The molecule has 24 heavy (non-hydrogen) atoms. The third-order valence-electron chi connectivity index (χ3n) is 5.57. The fourth-order valence-corrected chi connectivity index (χ4v) is 8.50. The van der Waals surface area contributed by atoms with Gasteiger partial charge in [0.1, 0.15) is 0 Å². The van der Waals surface area contributed by atoms with Crippen LogP contribution < -0.4 is 0 Å². The van der Waals surface area contributed by atoms with Gasteiger partial charge in [0.15, 0.2) is 0 Å². The number of carbonyl (C=O) groups excluding carboxylic acids is 3. The molecule has 0 N–H and O–H groups in total. The Morgan fingerprint density at radius 3 is 2.08 bits per heavy atom. The number of hydrogen-bond donors (Lipinski definition) is 0. The molecule has 3 aliphatic carbocycles. The standard InChI is InChI=1S/C14H19.3CH2O2.Ti/c1-10-11-6-2-4-8-13(11)14-9-5-3-7-12(10)14;3*2-1-3;/h6,10H,2-5,7-9H2,1H3;3*1H,(H,2,3);/q;;;;+3/p-3. The molecule has 0 saturated carbocycles. The van der Waals surface area contributed by atoms with Crippen LogP contribution in [0.15, 0.2) is 22.3 Å². The van der Waals surface area contributed by atoms with Crippen molar-refractivity contribution >= 4 is 19.4 Å². The Labute approximate surface area is 146 Å². The molecule has 6 nitrogen and oxygen atoms in total. The molecule has 3 aliphatic rings. The SMILES string of the molecule is CC1C2=C(CCCC2)C2=C1[CH]([Ti]([O]C=O)([O]C=O)[O]C=O)CCC2. The zero-order chi connectivity index (χ0) is 17.2. The van der Waals surface area contributed by atoms with Crippen molar-refractivity contribution in [1.29, 1.82) is 0 Å². The van der Waals surface area contributed by atoms with Crippen LogP contribution in [0.25, 0.3) is 0 Å². The van der Waals surface area contributed by atoms with Gasteiger partial charge in [0.05, 0.1) is 0 Å². The van der Waals surface area contributed by atoms with Gasteiger partial charge in [0.25, 0.3) is 0 Å². The minimum atomic E-state index is -4.40. The van der Waals surface area contributed by atoms with Gasteiger partial charge in [-0.25, -0.2) is 0 Å². The third-order valence-corrected chi connectivity index (χ3v) is 9.83. The molecule has 0 bridgehead atoms. The molecule has 0 amide bonds. The minimum absolute atomic E-state index is 0.242. The molecule has 0 aliphatic heterocycles. The molecule has 0 heterocycles. The molecule has 0 radical (unpaired) electrons. The number of carbonyl (C=O) groups is 3. The Hall–Kier alpha value is -1.40. The summed E-state index contributed by atoms with van der Waals surface area (Å²) in [5.74, 6) is 0.242. The van der Waals surface area contributed by atoms with Gasteiger partial charge >= 0.3 is 146 Å². The topological polar surface area (TPSA) is 78.9 Å². The van der Waals surface area contributed by atoms with Crippen LogP contribution in [0.2, 0.25) is 4.22 Å². The summed E-state index contributed by atoms with van der Waals surface area (Å²) in [5.41, 5.74) is 5.44. The molecular formula is C17H22O6Ti. The summed E-state index contributed by atoms with van der Waals surface area (Å²) in [7, 11) is 0. The van der Waals surface area contributed by atoms with E-state index in [1.807, 2.05) is 0 Å². The molecule has 2 unspecified atom stereocenters. The van der Waals surface area contributed by atoms with E-state index in [0.29, 0.717) is 6.42 Å². The van der Waals surface area contributed by atoms with Crippen LogP contribution in [0.1, 0.15) is 51.9 Å². The van der Waals surface area contributed by atoms with Crippen molar-refractivity contribution in [3.63, 3.8) is 0 Å². The van der Waals surface area contributed by atoms with E-state index in [1.54, 1.807) is 0 Å². The molecular weight excluding hydrogens is 348 g/mol. The summed E-state index contributed by atoms with van der Waals surface area (Å²) in [6.07, 6.45) is 7.18. The molecule has 3 rings (SSSR count). The van der Waals surface area contributed by atoms with Crippen molar-refractivity contribution in [3.8, 4) is 0 Å². The van der Waals surface area contributed by atoms with E-state index in [-0.39, 0.29) is 29.6 Å². The Morgan fingerprint density at radius 2 is 1.46 bits per heavy atom. The van der Waals surface area contributed by atoms with Crippen molar-refractivity contribution in [2.45, 2.75) is 56.1 Å². The maximum absolute atomic E-state index is 11.0. The van der Waals surface area contributed by atoms with Crippen molar-refractivity contribution < 1.29 is 42.1 Å². The quantitative estimate of drug-likeness (QED) is 0.506. The van der Waals surface area contributed by atoms with Gasteiger partial charge < -0.3 is 0 Å². The third kappa shape index (κ3) is 2.76. The molecule has 0 spiro atoms. The Balaban J connectivity index is 2.03. The van der Waals surface area contributed by atoms with Gasteiger partial charge in [-0.05, 0) is 0 Å². The molecule has 7 heteroatoms. The molecule has 0 fully saturated rings. The summed E-state index contributed by atoms with van der Waals surface area (Å²) in [6.45, 7) is 2.90. The summed E-state index contributed by atoms with van der Waals surface area (Å²) in [6, 6.07) is 0. The fraction of sp³-hybridized carbons (Fsp3) is 0.588. The first-order valence-electron chi connectivity index (χ1n) is 8.48. The monoisotopic (exact) mass is 370 g/mol. The second-order valence-electron chi connectivity index (χ2n) is 6.56. The summed E-state index contributed by atoms with van der Waals surface area (Å²) in [4.78, 5) is 33.1. The maximum atomic E-state index is 11.0. The van der Waals surface area contributed by atoms with Crippen LogP contribution >= 0.6 is 0 Å². The van der Waals surface area contributed by atoms with Gasteiger partial charge in [-0.3, -0.25) is 0 Å². The number of rotatable bonds is 7. The number of fused-ring (bicyclic) bond motifs is 1. The summed E-state index contributed by atoms with van der Waals surface area (Å²) < 4.78 is 15.3. The van der Waals surface area contributed by atoms with Gasteiger partial charge in [0, 0.05) is 0 Å². The van der Waals surface area contributed by atoms with Gasteiger partial charge in [0.2, 0.25) is 0 Å². The van der Waals surface area contributed by atoms with Crippen molar-refractivity contribution in [2.24, 2.45) is 5.92 Å². The predicted molar refractivity (Wildman–Crippen MR) is 80.7 cm³/mol. The van der Waals surface area contributed by atoms with E-state index in [1.165, 1.54) is 35.1 Å². The van der Waals surface area contributed by atoms with Crippen molar-refractivity contribution in [2.75, 3.05) is 0 Å².